The molecule has 1 fully saturated rings. The minimum atomic E-state index is -4.56. The van der Waals surface area contributed by atoms with Crippen molar-refractivity contribution in [2.75, 3.05) is 6.54 Å². The maximum absolute atomic E-state index is 13.5. The number of halogens is 3. The number of aryl methyl sites for hydroxylation is 2. The summed E-state index contributed by atoms with van der Waals surface area (Å²) in [7, 11) is 0. The number of rotatable bonds is 3. The predicted molar refractivity (Wildman–Crippen MR) is 91.6 cm³/mol. The van der Waals surface area contributed by atoms with E-state index in [4.69, 9.17) is 4.52 Å². The van der Waals surface area contributed by atoms with Gasteiger partial charge in [-0.05, 0) is 32.3 Å². The summed E-state index contributed by atoms with van der Waals surface area (Å²) in [4.78, 5) is 18.6. The van der Waals surface area contributed by atoms with Gasteiger partial charge in [0.2, 0.25) is 5.76 Å². The molecule has 0 radical (unpaired) electrons. The molecule has 0 N–H and O–H groups in total. The van der Waals surface area contributed by atoms with Gasteiger partial charge in [-0.3, -0.25) is 4.79 Å². The lowest BCUT2D eigenvalue weighted by Gasteiger charge is -2.21. The zero-order chi connectivity index (χ0) is 20.1. The van der Waals surface area contributed by atoms with Gasteiger partial charge in [-0.1, -0.05) is 12.1 Å². The lowest BCUT2D eigenvalue weighted by molar-refractivity contribution is -0.142. The van der Waals surface area contributed by atoms with Crippen LogP contribution in [-0.2, 0) is 12.6 Å². The second-order valence-corrected chi connectivity index (χ2v) is 6.81. The van der Waals surface area contributed by atoms with Crippen LogP contribution < -0.4 is 0 Å². The fourth-order valence-corrected chi connectivity index (χ4v) is 3.51. The molecule has 4 rings (SSSR count). The van der Waals surface area contributed by atoms with Crippen molar-refractivity contribution in [2.24, 2.45) is 0 Å². The van der Waals surface area contributed by atoms with Gasteiger partial charge in [-0.2, -0.15) is 18.3 Å². The van der Waals surface area contributed by atoms with Crippen molar-refractivity contribution in [3.63, 3.8) is 0 Å². The van der Waals surface area contributed by atoms with Crippen LogP contribution in [0.25, 0.3) is 5.65 Å². The number of alkyl halides is 3. The highest BCUT2D eigenvalue weighted by atomic mass is 19.4. The average Bonchev–Trinajstić information content (AvgIpc) is 3.37. The SMILES string of the molecule is CCc1cc(C(F)(F)F)n2nc(C3CCCN3C(=O)c3cc(C)no3)cc2n1. The Hall–Kier alpha value is -2.91. The molecule has 1 saturated heterocycles. The number of hydrogen-bond donors (Lipinski definition) is 0. The zero-order valence-electron chi connectivity index (χ0n) is 15.3. The van der Waals surface area contributed by atoms with Crippen LogP contribution in [-0.4, -0.2) is 37.1 Å². The number of likely N-dealkylation sites (tertiary alicyclic amines) is 1. The molecule has 0 aliphatic carbocycles. The number of carbonyl (C=O) groups is 1. The summed E-state index contributed by atoms with van der Waals surface area (Å²) in [5.41, 5.74) is 0.549. The zero-order valence-corrected chi connectivity index (χ0v) is 15.3. The summed E-state index contributed by atoms with van der Waals surface area (Å²) in [6.45, 7) is 3.92. The van der Waals surface area contributed by atoms with Gasteiger partial charge in [0.15, 0.2) is 5.65 Å². The highest BCUT2D eigenvalue weighted by molar-refractivity contribution is 5.92. The molecular weight excluding hydrogens is 375 g/mol. The van der Waals surface area contributed by atoms with E-state index in [9.17, 15) is 18.0 Å². The maximum atomic E-state index is 13.5. The van der Waals surface area contributed by atoms with Gasteiger partial charge >= 0.3 is 6.18 Å². The minimum absolute atomic E-state index is 0.107. The molecule has 0 spiro atoms. The standard InChI is InChI=1S/C18H18F3N5O2/c1-3-11-8-15(18(19,20)21)26-16(22-11)9-12(23-26)13-5-4-6-25(13)17(27)14-7-10(2)24-28-14/h7-9,13H,3-6H2,1-2H3. The second-order valence-electron chi connectivity index (χ2n) is 6.81. The minimum Gasteiger partial charge on any atom is -0.351 e. The van der Waals surface area contributed by atoms with Crippen LogP contribution in [0.5, 0.6) is 0 Å². The molecule has 3 aromatic rings. The fourth-order valence-electron chi connectivity index (χ4n) is 3.51. The predicted octanol–water partition coefficient (Wildman–Crippen LogP) is 3.58. The maximum Gasteiger partial charge on any atom is 0.433 e. The molecule has 3 aromatic heterocycles. The molecule has 1 amide bonds. The second kappa shape index (κ2) is 6.61. The third-order valence-corrected chi connectivity index (χ3v) is 4.85. The Morgan fingerprint density at radius 1 is 1.32 bits per heavy atom. The third kappa shape index (κ3) is 3.12. The van der Waals surface area contributed by atoms with Gasteiger partial charge < -0.3 is 9.42 Å². The van der Waals surface area contributed by atoms with Crippen LogP contribution in [0, 0.1) is 6.92 Å². The van der Waals surface area contributed by atoms with Gasteiger partial charge in [-0.15, -0.1) is 0 Å². The first-order valence-corrected chi connectivity index (χ1v) is 8.99. The van der Waals surface area contributed by atoms with E-state index in [1.165, 1.54) is 12.1 Å². The Bertz CT molecular complexity index is 1040. The van der Waals surface area contributed by atoms with Crippen LogP contribution in [0.4, 0.5) is 13.2 Å². The fraction of sp³-hybridized carbons (Fsp3) is 0.444. The number of nitrogens with zero attached hydrogens (tertiary/aromatic N) is 5. The summed E-state index contributed by atoms with van der Waals surface area (Å²) in [6.07, 6.45) is -2.86. The Morgan fingerprint density at radius 2 is 2.11 bits per heavy atom. The molecule has 148 valence electrons. The molecule has 1 aliphatic heterocycles. The molecule has 10 heteroatoms. The molecule has 4 heterocycles. The quantitative estimate of drug-likeness (QED) is 0.680. The number of aromatic nitrogens is 4. The number of fused-ring (bicyclic) bond motifs is 1. The van der Waals surface area contributed by atoms with Crippen molar-refractivity contribution < 1.29 is 22.5 Å². The van der Waals surface area contributed by atoms with Gasteiger partial charge in [0.25, 0.3) is 5.91 Å². The normalized spacial score (nSPS) is 17.6. The smallest absolute Gasteiger partial charge is 0.351 e. The van der Waals surface area contributed by atoms with Crippen molar-refractivity contribution in [1.29, 1.82) is 0 Å². The molecule has 0 aromatic carbocycles. The number of carbonyl (C=O) groups excluding carboxylic acids is 1. The van der Waals surface area contributed by atoms with E-state index in [-0.39, 0.29) is 17.3 Å². The molecule has 1 atom stereocenters. The van der Waals surface area contributed by atoms with Crippen LogP contribution in [0.3, 0.4) is 0 Å². The highest BCUT2D eigenvalue weighted by Crippen LogP contribution is 2.35. The highest BCUT2D eigenvalue weighted by Gasteiger charge is 2.37. The third-order valence-electron chi connectivity index (χ3n) is 4.85. The summed E-state index contributed by atoms with van der Waals surface area (Å²) >= 11 is 0. The van der Waals surface area contributed by atoms with Crippen LogP contribution in [0.1, 0.15) is 59.1 Å². The van der Waals surface area contributed by atoms with Crippen molar-refractivity contribution in [3.05, 3.63) is 46.7 Å². The van der Waals surface area contributed by atoms with E-state index in [2.05, 4.69) is 15.2 Å². The van der Waals surface area contributed by atoms with Gasteiger partial charge in [-0.25, -0.2) is 9.50 Å². The Morgan fingerprint density at radius 3 is 2.75 bits per heavy atom. The molecule has 0 saturated carbocycles. The Kier molecular flexibility index (Phi) is 4.35. The van der Waals surface area contributed by atoms with E-state index < -0.39 is 17.9 Å². The summed E-state index contributed by atoms with van der Waals surface area (Å²) in [5, 5.41) is 7.88. The van der Waals surface area contributed by atoms with E-state index in [0.717, 1.165) is 17.0 Å². The summed E-state index contributed by atoms with van der Waals surface area (Å²) in [6, 6.07) is 3.64. The van der Waals surface area contributed by atoms with Gasteiger partial charge in [0.1, 0.15) is 5.69 Å². The monoisotopic (exact) mass is 393 g/mol. The first-order chi connectivity index (χ1) is 13.3. The molecule has 28 heavy (non-hydrogen) atoms. The lowest BCUT2D eigenvalue weighted by Crippen LogP contribution is -2.30. The lowest BCUT2D eigenvalue weighted by atomic mass is 10.1. The number of hydrogen-bond acceptors (Lipinski definition) is 5. The van der Waals surface area contributed by atoms with Crippen molar-refractivity contribution in [2.45, 2.75) is 45.3 Å². The van der Waals surface area contributed by atoms with Crippen LogP contribution >= 0.6 is 0 Å². The molecular formula is C18H18F3N5O2. The van der Waals surface area contributed by atoms with E-state index in [0.29, 0.717) is 36.5 Å². The molecule has 1 aliphatic rings. The topological polar surface area (TPSA) is 76.5 Å². The molecule has 0 bridgehead atoms. The van der Waals surface area contributed by atoms with E-state index in [1.54, 1.807) is 18.7 Å². The summed E-state index contributed by atoms with van der Waals surface area (Å²) in [5.74, 6) is -0.242. The van der Waals surface area contributed by atoms with Gasteiger partial charge in [0.05, 0.1) is 17.4 Å². The Balaban J connectivity index is 1.75. The van der Waals surface area contributed by atoms with E-state index >= 15 is 0 Å². The van der Waals surface area contributed by atoms with Crippen LogP contribution in [0.15, 0.2) is 22.7 Å². The van der Waals surface area contributed by atoms with Crippen molar-refractivity contribution >= 4 is 11.6 Å². The van der Waals surface area contributed by atoms with E-state index in [1.807, 2.05) is 0 Å². The first kappa shape index (κ1) is 18.5. The van der Waals surface area contributed by atoms with Crippen molar-refractivity contribution in [1.82, 2.24) is 24.7 Å². The molecule has 7 nitrogen and oxygen atoms in total. The van der Waals surface area contributed by atoms with Gasteiger partial charge in [0, 0.05) is 24.4 Å². The average molecular weight is 393 g/mol. The number of amides is 1. The van der Waals surface area contributed by atoms with Crippen molar-refractivity contribution in [3.8, 4) is 0 Å². The molecule has 1 unspecified atom stereocenters. The first-order valence-electron chi connectivity index (χ1n) is 8.99. The van der Waals surface area contributed by atoms with Crippen LogP contribution in [0.2, 0.25) is 0 Å². The summed E-state index contributed by atoms with van der Waals surface area (Å²) < 4.78 is 46.3. The Labute approximate surface area is 158 Å². The largest absolute Gasteiger partial charge is 0.433 e.